The lowest BCUT2D eigenvalue weighted by molar-refractivity contribution is -0.124. The Labute approximate surface area is 147 Å². The number of hydrogen-bond donors (Lipinski definition) is 1. The minimum absolute atomic E-state index is 0.0307. The number of rotatable bonds is 5. The summed E-state index contributed by atoms with van der Waals surface area (Å²) in [7, 11) is 0. The molecule has 5 heteroatoms. The van der Waals surface area contributed by atoms with E-state index in [-0.39, 0.29) is 12.5 Å². The van der Waals surface area contributed by atoms with Gasteiger partial charge in [-0.25, -0.2) is 0 Å². The molecule has 0 saturated carbocycles. The topological polar surface area (TPSA) is 56.8 Å². The van der Waals surface area contributed by atoms with Crippen LogP contribution in [-0.4, -0.2) is 25.7 Å². The van der Waals surface area contributed by atoms with Gasteiger partial charge in [-0.05, 0) is 50.6 Å². The van der Waals surface area contributed by atoms with Crippen LogP contribution in [-0.2, 0) is 10.3 Å². The number of carbonyl (C=O) groups excluding carboxylic acids is 1. The van der Waals surface area contributed by atoms with E-state index in [1.165, 1.54) is 0 Å². The van der Waals surface area contributed by atoms with E-state index in [0.717, 1.165) is 16.9 Å². The zero-order valence-electron chi connectivity index (χ0n) is 14.8. The lowest BCUT2D eigenvalue weighted by Gasteiger charge is -2.28. The lowest BCUT2D eigenvalue weighted by atomic mass is 9.93. The first-order valence-corrected chi connectivity index (χ1v) is 8.35. The van der Waals surface area contributed by atoms with Gasteiger partial charge in [-0.2, -0.15) is 0 Å². The predicted molar refractivity (Wildman–Crippen MR) is 95.3 cm³/mol. The van der Waals surface area contributed by atoms with Crippen molar-refractivity contribution in [1.29, 1.82) is 0 Å². The maximum atomic E-state index is 12.3. The summed E-state index contributed by atoms with van der Waals surface area (Å²) in [6.45, 7) is 6.96. The van der Waals surface area contributed by atoms with Crippen LogP contribution in [0.5, 0.6) is 17.2 Å². The quantitative estimate of drug-likeness (QED) is 0.907. The van der Waals surface area contributed by atoms with Crippen molar-refractivity contribution in [2.24, 2.45) is 0 Å². The number of nitrogens with one attached hydrogen (secondary N) is 1. The van der Waals surface area contributed by atoms with Crippen LogP contribution in [0.15, 0.2) is 42.5 Å². The SMILES string of the molecule is Cc1ccc(OCC(=O)NC(C)(C)c2ccc3c(c2)OCCO3)cc1. The van der Waals surface area contributed by atoms with E-state index in [0.29, 0.717) is 24.7 Å². The Morgan fingerprint density at radius 3 is 2.48 bits per heavy atom. The Morgan fingerprint density at radius 1 is 1.08 bits per heavy atom. The smallest absolute Gasteiger partial charge is 0.258 e. The van der Waals surface area contributed by atoms with Gasteiger partial charge in [-0.15, -0.1) is 0 Å². The Kier molecular flexibility index (Phi) is 4.83. The highest BCUT2D eigenvalue weighted by atomic mass is 16.6. The van der Waals surface area contributed by atoms with E-state index in [4.69, 9.17) is 14.2 Å². The predicted octanol–water partition coefficient (Wildman–Crippen LogP) is 3.20. The minimum Gasteiger partial charge on any atom is -0.486 e. The molecule has 0 spiro atoms. The highest BCUT2D eigenvalue weighted by molar-refractivity contribution is 5.78. The van der Waals surface area contributed by atoms with Gasteiger partial charge < -0.3 is 19.5 Å². The van der Waals surface area contributed by atoms with Crippen molar-refractivity contribution < 1.29 is 19.0 Å². The average molecular weight is 341 g/mol. The molecular formula is C20H23NO4. The lowest BCUT2D eigenvalue weighted by Crippen LogP contribution is -2.43. The fourth-order valence-corrected chi connectivity index (χ4v) is 2.67. The second kappa shape index (κ2) is 7.05. The molecule has 0 unspecified atom stereocenters. The molecule has 2 aromatic carbocycles. The summed E-state index contributed by atoms with van der Waals surface area (Å²) >= 11 is 0. The van der Waals surface area contributed by atoms with Gasteiger partial charge in [0.05, 0.1) is 5.54 Å². The van der Waals surface area contributed by atoms with Crippen LogP contribution in [0.25, 0.3) is 0 Å². The van der Waals surface area contributed by atoms with E-state index < -0.39 is 5.54 Å². The van der Waals surface area contributed by atoms with Crippen molar-refractivity contribution in [2.75, 3.05) is 19.8 Å². The van der Waals surface area contributed by atoms with Crippen LogP contribution < -0.4 is 19.5 Å². The van der Waals surface area contributed by atoms with E-state index in [9.17, 15) is 4.79 Å². The molecule has 0 atom stereocenters. The summed E-state index contributed by atoms with van der Waals surface area (Å²) in [6.07, 6.45) is 0. The highest BCUT2D eigenvalue weighted by Crippen LogP contribution is 2.34. The molecule has 2 aromatic rings. The summed E-state index contributed by atoms with van der Waals surface area (Å²) in [5.41, 5.74) is 1.54. The van der Waals surface area contributed by atoms with Gasteiger partial charge in [0.1, 0.15) is 19.0 Å². The molecular weight excluding hydrogens is 318 g/mol. The van der Waals surface area contributed by atoms with Crippen LogP contribution in [0.2, 0.25) is 0 Å². The third kappa shape index (κ3) is 4.24. The molecule has 0 bridgehead atoms. The number of carbonyl (C=O) groups is 1. The molecule has 5 nitrogen and oxygen atoms in total. The number of benzene rings is 2. The molecule has 0 aliphatic carbocycles. The van der Waals surface area contributed by atoms with Gasteiger partial charge in [-0.1, -0.05) is 23.8 Å². The first kappa shape index (κ1) is 17.1. The normalized spacial score (nSPS) is 13.2. The summed E-state index contributed by atoms with van der Waals surface area (Å²) in [5, 5.41) is 3.00. The maximum Gasteiger partial charge on any atom is 0.258 e. The maximum absolute atomic E-state index is 12.3. The van der Waals surface area contributed by atoms with E-state index in [1.54, 1.807) is 0 Å². The molecule has 0 fully saturated rings. The standard InChI is InChI=1S/C20H23NO4/c1-14-4-7-16(8-5-14)25-13-19(22)21-20(2,3)15-6-9-17-18(12-15)24-11-10-23-17/h4-9,12H,10-11,13H2,1-3H3,(H,21,22). The Balaban J connectivity index is 1.62. The average Bonchev–Trinajstić information content (AvgIpc) is 2.60. The van der Waals surface area contributed by atoms with Gasteiger partial charge >= 0.3 is 0 Å². The number of aryl methyl sites for hydroxylation is 1. The summed E-state index contributed by atoms with van der Waals surface area (Å²) in [4.78, 5) is 12.3. The van der Waals surface area contributed by atoms with Crippen LogP contribution in [0, 0.1) is 6.92 Å². The number of fused-ring (bicyclic) bond motifs is 1. The van der Waals surface area contributed by atoms with Crippen LogP contribution >= 0.6 is 0 Å². The fourth-order valence-electron chi connectivity index (χ4n) is 2.67. The van der Waals surface area contributed by atoms with Crippen molar-refractivity contribution in [1.82, 2.24) is 5.32 Å². The molecule has 3 rings (SSSR count). The Morgan fingerprint density at radius 2 is 1.76 bits per heavy atom. The zero-order chi connectivity index (χ0) is 17.9. The van der Waals surface area contributed by atoms with Gasteiger partial charge in [0.2, 0.25) is 0 Å². The summed E-state index contributed by atoms with van der Waals surface area (Å²) < 4.78 is 16.7. The van der Waals surface area contributed by atoms with Gasteiger partial charge in [0.15, 0.2) is 18.1 Å². The highest BCUT2D eigenvalue weighted by Gasteiger charge is 2.25. The van der Waals surface area contributed by atoms with Crippen molar-refractivity contribution in [3.05, 3.63) is 53.6 Å². The summed E-state index contributed by atoms with van der Waals surface area (Å²) in [5.74, 6) is 1.94. The Hall–Kier alpha value is -2.69. The van der Waals surface area contributed by atoms with Crippen molar-refractivity contribution in [3.63, 3.8) is 0 Å². The minimum atomic E-state index is -0.552. The monoisotopic (exact) mass is 341 g/mol. The van der Waals surface area contributed by atoms with Gasteiger partial charge in [-0.3, -0.25) is 4.79 Å². The zero-order valence-corrected chi connectivity index (χ0v) is 14.8. The van der Waals surface area contributed by atoms with Crippen molar-refractivity contribution >= 4 is 5.91 Å². The second-order valence-corrected chi connectivity index (χ2v) is 6.63. The van der Waals surface area contributed by atoms with Crippen molar-refractivity contribution in [3.8, 4) is 17.2 Å². The third-order valence-corrected chi connectivity index (χ3v) is 4.11. The third-order valence-electron chi connectivity index (χ3n) is 4.11. The van der Waals surface area contributed by atoms with Gasteiger partial charge in [0, 0.05) is 0 Å². The van der Waals surface area contributed by atoms with Crippen molar-refractivity contribution in [2.45, 2.75) is 26.3 Å². The molecule has 1 aliphatic heterocycles. The molecule has 0 aromatic heterocycles. The number of hydrogen-bond acceptors (Lipinski definition) is 4. The molecule has 132 valence electrons. The summed E-state index contributed by atoms with van der Waals surface area (Å²) in [6, 6.07) is 13.3. The van der Waals surface area contributed by atoms with E-state index in [1.807, 2.05) is 63.2 Å². The van der Waals surface area contributed by atoms with Crippen LogP contribution in [0.1, 0.15) is 25.0 Å². The number of amides is 1. The first-order valence-electron chi connectivity index (χ1n) is 8.35. The Bertz CT molecular complexity index is 753. The van der Waals surface area contributed by atoms with Crippen LogP contribution in [0.4, 0.5) is 0 Å². The fraction of sp³-hybridized carbons (Fsp3) is 0.350. The first-order chi connectivity index (χ1) is 11.9. The molecule has 1 heterocycles. The molecule has 0 saturated heterocycles. The number of ether oxygens (including phenoxy) is 3. The molecule has 1 aliphatic rings. The molecule has 1 amide bonds. The molecule has 0 radical (unpaired) electrons. The van der Waals surface area contributed by atoms with E-state index in [2.05, 4.69) is 5.32 Å². The molecule has 1 N–H and O–H groups in total. The largest absolute Gasteiger partial charge is 0.486 e. The van der Waals surface area contributed by atoms with Gasteiger partial charge in [0.25, 0.3) is 5.91 Å². The van der Waals surface area contributed by atoms with Crippen LogP contribution in [0.3, 0.4) is 0 Å². The molecule has 25 heavy (non-hydrogen) atoms. The van der Waals surface area contributed by atoms with E-state index >= 15 is 0 Å². The second-order valence-electron chi connectivity index (χ2n) is 6.63.